The summed E-state index contributed by atoms with van der Waals surface area (Å²) in [6.45, 7) is 0. The van der Waals surface area contributed by atoms with Gasteiger partial charge in [-0.1, -0.05) is 90.2 Å². The number of carbonyl (C=O) groups excluding carboxylic acids is 1. The molecule has 7 rings (SSSR count). The molecule has 4 aromatic carbocycles. The van der Waals surface area contributed by atoms with Crippen molar-refractivity contribution in [3.63, 3.8) is 0 Å². The Hall–Kier alpha value is -5.87. The van der Waals surface area contributed by atoms with Crippen molar-refractivity contribution < 1.29 is 4.79 Å². The number of amides is 1. The number of hydrogen-bond acceptors (Lipinski definition) is 7. The molecular formula is C33H24N8OS. The van der Waals surface area contributed by atoms with E-state index in [1.54, 1.807) is 6.21 Å². The highest BCUT2D eigenvalue weighted by Gasteiger charge is 2.22. The average molecular weight is 581 g/mol. The average Bonchev–Trinajstić information content (AvgIpc) is 3.78. The Morgan fingerprint density at radius 3 is 2.33 bits per heavy atom. The van der Waals surface area contributed by atoms with Gasteiger partial charge in [-0.15, -0.1) is 0 Å². The number of thiazole rings is 1. The van der Waals surface area contributed by atoms with Crippen LogP contribution in [0.4, 0.5) is 22.5 Å². The van der Waals surface area contributed by atoms with Gasteiger partial charge >= 0.3 is 0 Å². The summed E-state index contributed by atoms with van der Waals surface area (Å²) in [7, 11) is 0. The van der Waals surface area contributed by atoms with Crippen molar-refractivity contribution in [1.29, 1.82) is 0 Å². The van der Waals surface area contributed by atoms with Crippen LogP contribution in [0.25, 0.3) is 27.2 Å². The molecule has 0 aliphatic carbocycles. The third-order valence-corrected chi connectivity index (χ3v) is 7.62. The van der Waals surface area contributed by atoms with Crippen LogP contribution < -0.4 is 10.6 Å². The molecule has 0 aliphatic rings. The molecule has 0 saturated carbocycles. The van der Waals surface area contributed by atoms with E-state index in [4.69, 9.17) is 10.1 Å². The minimum Gasteiger partial charge on any atom is -0.338 e. The molecule has 9 nitrogen and oxygen atoms in total. The minimum absolute atomic E-state index is 0.260. The van der Waals surface area contributed by atoms with Crippen molar-refractivity contribution in [2.24, 2.45) is 4.99 Å². The number of nitrogens with one attached hydrogen (secondary N) is 3. The van der Waals surface area contributed by atoms with Gasteiger partial charge in [0, 0.05) is 29.2 Å². The summed E-state index contributed by atoms with van der Waals surface area (Å²) < 4.78 is 2.80. The van der Waals surface area contributed by atoms with Gasteiger partial charge in [0.15, 0.2) is 16.8 Å². The first-order chi connectivity index (χ1) is 21.2. The number of hydrogen-bond donors (Lipinski definition) is 3. The van der Waals surface area contributed by atoms with Crippen molar-refractivity contribution in [3.05, 3.63) is 133 Å². The van der Waals surface area contributed by atoms with E-state index < -0.39 is 0 Å². The predicted octanol–water partition coefficient (Wildman–Crippen LogP) is 7.62. The zero-order valence-electron chi connectivity index (χ0n) is 22.7. The van der Waals surface area contributed by atoms with Crippen LogP contribution in [0, 0.1) is 0 Å². The fourth-order valence-electron chi connectivity index (χ4n) is 4.62. The summed E-state index contributed by atoms with van der Waals surface area (Å²) in [5, 5.41) is 18.9. The smallest absolute Gasteiger partial charge is 0.265 e. The molecule has 1 amide bonds. The number of rotatable bonds is 8. The van der Waals surface area contributed by atoms with Crippen molar-refractivity contribution in [3.8, 4) is 16.9 Å². The Morgan fingerprint density at radius 2 is 1.56 bits per heavy atom. The lowest BCUT2D eigenvalue weighted by molar-refractivity contribution is 0.102. The van der Waals surface area contributed by atoms with E-state index in [0.717, 1.165) is 38.4 Å². The number of aromatic nitrogens is 5. The summed E-state index contributed by atoms with van der Waals surface area (Å²) in [4.78, 5) is 23.0. The molecule has 208 valence electrons. The van der Waals surface area contributed by atoms with Gasteiger partial charge < -0.3 is 5.32 Å². The number of fused-ring (bicyclic) bond motifs is 1. The number of para-hydroxylation sites is 3. The molecule has 10 heteroatoms. The van der Waals surface area contributed by atoms with E-state index in [2.05, 4.69) is 25.8 Å². The van der Waals surface area contributed by atoms with Crippen LogP contribution in [-0.2, 0) is 0 Å². The highest BCUT2D eigenvalue weighted by Crippen LogP contribution is 2.31. The van der Waals surface area contributed by atoms with Crippen LogP contribution in [0.2, 0.25) is 0 Å². The molecule has 7 aromatic rings. The van der Waals surface area contributed by atoms with Gasteiger partial charge in [-0.05, 0) is 36.4 Å². The molecule has 0 unspecified atom stereocenters. The SMILES string of the molecule is O=C(Nc1nc2ccccc2s1)c1c(Nc2ccccc2)n[nH]c1/N=C\c1cn(-c2ccccc2)nc1-c1ccccc1. The van der Waals surface area contributed by atoms with E-state index in [-0.39, 0.29) is 11.5 Å². The fourth-order valence-corrected chi connectivity index (χ4v) is 5.49. The maximum atomic E-state index is 13.7. The quantitative estimate of drug-likeness (QED) is 0.160. The molecule has 0 atom stereocenters. The molecule has 3 heterocycles. The van der Waals surface area contributed by atoms with E-state index >= 15 is 0 Å². The van der Waals surface area contributed by atoms with Gasteiger partial charge in [-0.3, -0.25) is 15.2 Å². The zero-order chi connectivity index (χ0) is 29.0. The third kappa shape index (κ3) is 5.54. The second-order valence-electron chi connectivity index (χ2n) is 9.57. The number of aliphatic imine (C=N–C) groups is 1. The lowest BCUT2D eigenvalue weighted by atomic mass is 10.1. The third-order valence-electron chi connectivity index (χ3n) is 6.67. The Labute approximate surface area is 250 Å². The van der Waals surface area contributed by atoms with Gasteiger partial charge in [0.25, 0.3) is 5.91 Å². The minimum atomic E-state index is -0.387. The first-order valence-corrected chi connectivity index (χ1v) is 14.3. The fraction of sp³-hybridized carbons (Fsp3) is 0. The molecule has 3 N–H and O–H groups in total. The Kier molecular flexibility index (Phi) is 7.00. The second kappa shape index (κ2) is 11.6. The Bertz CT molecular complexity index is 2010. The molecule has 43 heavy (non-hydrogen) atoms. The summed E-state index contributed by atoms with van der Waals surface area (Å²) in [5.41, 5.74) is 5.27. The first kappa shape index (κ1) is 26.1. The van der Waals surface area contributed by atoms with Crippen LogP contribution in [0.15, 0.2) is 126 Å². The van der Waals surface area contributed by atoms with Crippen LogP contribution in [0.3, 0.4) is 0 Å². The zero-order valence-corrected chi connectivity index (χ0v) is 23.5. The number of anilines is 3. The van der Waals surface area contributed by atoms with E-state index in [1.807, 2.05) is 126 Å². The van der Waals surface area contributed by atoms with E-state index in [9.17, 15) is 4.79 Å². The van der Waals surface area contributed by atoms with Gasteiger partial charge in [0.2, 0.25) is 0 Å². The van der Waals surface area contributed by atoms with Crippen molar-refractivity contribution in [1.82, 2.24) is 25.0 Å². The van der Waals surface area contributed by atoms with Gasteiger partial charge in [-0.2, -0.15) is 10.2 Å². The molecule has 0 bridgehead atoms. The predicted molar refractivity (Wildman–Crippen MR) is 172 cm³/mol. The summed E-state index contributed by atoms with van der Waals surface area (Å²) in [5.74, 6) is 0.255. The molecule has 0 fully saturated rings. The number of benzene rings is 4. The Balaban J connectivity index is 1.27. The van der Waals surface area contributed by atoms with Gasteiger partial charge in [0.05, 0.1) is 15.9 Å². The number of carbonyl (C=O) groups is 1. The van der Waals surface area contributed by atoms with Crippen molar-refractivity contribution in [2.45, 2.75) is 0 Å². The van der Waals surface area contributed by atoms with E-state index in [0.29, 0.717) is 16.8 Å². The second-order valence-corrected chi connectivity index (χ2v) is 10.6. The lowest BCUT2D eigenvalue weighted by Gasteiger charge is -2.06. The van der Waals surface area contributed by atoms with Crippen molar-refractivity contribution in [2.75, 3.05) is 10.6 Å². The summed E-state index contributed by atoms with van der Waals surface area (Å²) in [6, 6.07) is 37.1. The molecule has 0 saturated heterocycles. The number of nitrogens with zero attached hydrogens (tertiary/aromatic N) is 5. The number of H-pyrrole nitrogens is 1. The monoisotopic (exact) mass is 580 g/mol. The van der Waals surface area contributed by atoms with Gasteiger partial charge in [0.1, 0.15) is 11.3 Å². The normalized spacial score (nSPS) is 11.3. The van der Waals surface area contributed by atoms with Crippen LogP contribution in [0.1, 0.15) is 15.9 Å². The van der Waals surface area contributed by atoms with Crippen molar-refractivity contribution >= 4 is 56.1 Å². The molecular weight excluding hydrogens is 556 g/mol. The largest absolute Gasteiger partial charge is 0.338 e. The standard InChI is InChI=1S/C33H24N8OS/c42-32(37-33-36-26-18-10-11-19-27(26)43-33)28-30(38-39-31(28)35-24-14-6-2-7-15-24)34-20-23-21-41(25-16-8-3-9-17-25)40-29(23)22-12-4-1-5-13-22/h1-21H,(H2,35,38,39)(H,36,37,42)/b34-20-. The highest BCUT2D eigenvalue weighted by molar-refractivity contribution is 7.22. The number of aromatic amines is 1. The first-order valence-electron chi connectivity index (χ1n) is 13.5. The van der Waals surface area contributed by atoms with E-state index in [1.165, 1.54) is 11.3 Å². The Morgan fingerprint density at radius 1 is 0.860 bits per heavy atom. The molecule has 0 spiro atoms. The van der Waals surface area contributed by atoms with Crippen LogP contribution in [0.5, 0.6) is 0 Å². The molecule has 0 aliphatic heterocycles. The maximum absolute atomic E-state index is 13.7. The van der Waals surface area contributed by atoms with Gasteiger partial charge in [-0.25, -0.2) is 14.7 Å². The summed E-state index contributed by atoms with van der Waals surface area (Å²) in [6.07, 6.45) is 3.62. The highest BCUT2D eigenvalue weighted by atomic mass is 32.1. The lowest BCUT2D eigenvalue weighted by Crippen LogP contribution is -2.13. The molecule has 3 aromatic heterocycles. The topological polar surface area (TPSA) is 113 Å². The molecule has 0 radical (unpaired) electrons. The van der Waals surface area contributed by atoms with Crippen LogP contribution >= 0.6 is 11.3 Å². The maximum Gasteiger partial charge on any atom is 0.265 e. The summed E-state index contributed by atoms with van der Waals surface area (Å²) >= 11 is 1.41. The van der Waals surface area contributed by atoms with Crippen LogP contribution in [-0.4, -0.2) is 37.1 Å².